The maximum atomic E-state index is 11.0. The maximum Gasteiger partial charge on any atom is 0.257 e. The Bertz CT molecular complexity index is 228. The smallest absolute Gasteiger partial charge is 0.257 e. The van der Waals surface area contributed by atoms with Crippen molar-refractivity contribution in [2.75, 3.05) is 0 Å². The minimum atomic E-state index is -0.748. The fraction of sp³-hybridized carbons (Fsp3) is 1.00. The summed E-state index contributed by atoms with van der Waals surface area (Å²) in [6.45, 7) is 0. The van der Waals surface area contributed by atoms with Crippen LogP contribution in [0.2, 0.25) is 0 Å². The van der Waals surface area contributed by atoms with E-state index in [1.165, 1.54) is 0 Å². The Morgan fingerprint density at radius 3 is 1.57 bits per heavy atom. The Kier molecular flexibility index (Phi) is 3.43. The highest BCUT2D eigenvalue weighted by atomic mass is 16.6. The molecule has 0 bridgehead atoms. The largest absolute Gasteiger partial charge is 0.597 e. The first-order valence-electron chi connectivity index (χ1n) is 4.33. The van der Waals surface area contributed by atoms with Crippen molar-refractivity contribution < 1.29 is 20.1 Å². The summed E-state index contributed by atoms with van der Waals surface area (Å²) in [7, 11) is 0. The molecule has 0 aromatic rings. The molecule has 1 saturated carbocycles. The molecule has 1 fully saturated rings. The third kappa shape index (κ3) is 2.01. The second-order valence-electron chi connectivity index (χ2n) is 3.20. The molecule has 0 spiro atoms. The van der Waals surface area contributed by atoms with Crippen LogP contribution in [0.1, 0.15) is 25.7 Å². The topological polar surface area (TPSA) is 117 Å². The van der Waals surface area contributed by atoms with E-state index >= 15 is 0 Å². The second-order valence-corrected chi connectivity index (χ2v) is 3.20. The predicted molar refractivity (Wildman–Crippen MR) is 41.7 cm³/mol. The molecule has 0 aliphatic heterocycles. The minimum Gasteiger partial charge on any atom is -0.597 e. The molecule has 2 atom stereocenters. The van der Waals surface area contributed by atoms with Gasteiger partial charge in [0, 0.05) is 12.8 Å². The fourth-order valence-corrected chi connectivity index (χ4v) is 1.74. The van der Waals surface area contributed by atoms with Crippen LogP contribution in [0.15, 0.2) is 10.6 Å². The molecule has 2 N–H and O–H groups in total. The van der Waals surface area contributed by atoms with Gasteiger partial charge in [0.15, 0.2) is 10.6 Å². The normalized spacial score (nSPS) is 30.3. The van der Waals surface area contributed by atoms with Crippen molar-refractivity contribution in [3.05, 3.63) is 10.4 Å². The standard InChI is InChI=1S/C6H12N4O4/c11-7-9(13)5-3-1-2-4-6(5)10(14)8-12/h5-6,11-12H,1-4H2/b9-7-,10-8-. The molecule has 1 rings (SSSR count). The highest BCUT2D eigenvalue weighted by molar-refractivity contribution is 4.73. The van der Waals surface area contributed by atoms with Crippen LogP contribution in [0.25, 0.3) is 0 Å². The van der Waals surface area contributed by atoms with Crippen LogP contribution in [-0.2, 0) is 0 Å². The molecule has 1 aliphatic rings. The van der Waals surface area contributed by atoms with Gasteiger partial charge in [-0.3, -0.25) is 0 Å². The van der Waals surface area contributed by atoms with Crippen LogP contribution >= 0.6 is 0 Å². The van der Waals surface area contributed by atoms with Crippen LogP contribution in [-0.4, -0.2) is 32.2 Å². The molecule has 0 saturated heterocycles. The molecule has 1 aliphatic carbocycles. The molecule has 0 aromatic carbocycles. The summed E-state index contributed by atoms with van der Waals surface area (Å²) in [5, 5.41) is 43.5. The zero-order chi connectivity index (χ0) is 10.6. The molecule has 14 heavy (non-hydrogen) atoms. The van der Waals surface area contributed by atoms with E-state index in [0.717, 1.165) is 12.8 Å². The minimum absolute atomic E-state index is 0.0832. The average Bonchev–Trinajstić information content (AvgIpc) is 2.27. The van der Waals surface area contributed by atoms with E-state index in [9.17, 15) is 10.4 Å². The lowest BCUT2D eigenvalue weighted by molar-refractivity contribution is -0.680. The third-order valence-electron chi connectivity index (χ3n) is 2.44. The highest BCUT2D eigenvalue weighted by Crippen LogP contribution is 2.23. The second kappa shape index (κ2) is 4.58. The van der Waals surface area contributed by atoms with E-state index < -0.39 is 12.1 Å². The lowest BCUT2D eigenvalue weighted by Gasteiger charge is -2.22. The fourth-order valence-electron chi connectivity index (χ4n) is 1.74. The monoisotopic (exact) mass is 204 g/mol. The van der Waals surface area contributed by atoms with Gasteiger partial charge >= 0.3 is 0 Å². The zero-order valence-electron chi connectivity index (χ0n) is 7.48. The Morgan fingerprint density at radius 1 is 0.929 bits per heavy atom. The first kappa shape index (κ1) is 10.5. The molecule has 0 heterocycles. The average molecular weight is 204 g/mol. The summed E-state index contributed by atoms with van der Waals surface area (Å²) in [6, 6.07) is -1.50. The molecule has 0 amide bonds. The predicted octanol–water partition coefficient (Wildman–Crippen LogP) is 1.00. The third-order valence-corrected chi connectivity index (χ3v) is 2.44. The van der Waals surface area contributed by atoms with E-state index in [4.69, 9.17) is 10.4 Å². The van der Waals surface area contributed by atoms with Gasteiger partial charge in [0.2, 0.25) is 0 Å². The Balaban J connectivity index is 2.79. The number of hydrogen-bond acceptors (Lipinski definition) is 4. The van der Waals surface area contributed by atoms with Gasteiger partial charge < -0.3 is 20.8 Å². The van der Waals surface area contributed by atoms with Crippen molar-refractivity contribution in [2.24, 2.45) is 10.6 Å². The molecule has 8 heteroatoms. The lowest BCUT2D eigenvalue weighted by Crippen LogP contribution is -2.42. The van der Waals surface area contributed by atoms with Crippen molar-refractivity contribution in [3.63, 3.8) is 0 Å². The molecule has 0 radical (unpaired) electrons. The van der Waals surface area contributed by atoms with Gasteiger partial charge in [0.1, 0.15) is 0 Å². The summed E-state index contributed by atoms with van der Waals surface area (Å²) >= 11 is 0. The lowest BCUT2D eigenvalue weighted by atomic mass is 9.91. The van der Waals surface area contributed by atoms with E-state index in [2.05, 4.69) is 10.6 Å². The molecule has 2 unspecified atom stereocenters. The highest BCUT2D eigenvalue weighted by Gasteiger charge is 2.40. The van der Waals surface area contributed by atoms with Crippen LogP contribution in [0.3, 0.4) is 0 Å². The molecule has 80 valence electrons. The van der Waals surface area contributed by atoms with E-state index in [1.54, 1.807) is 0 Å². The van der Waals surface area contributed by atoms with Crippen molar-refractivity contribution in [1.29, 1.82) is 0 Å². The SMILES string of the molecule is [O-]/[N+](=N\O)C1CCCCC1/[N+]([O-])=N/O. The van der Waals surface area contributed by atoms with Crippen molar-refractivity contribution in [2.45, 2.75) is 37.8 Å². The maximum absolute atomic E-state index is 11.0. The Hall–Kier alpha value is -1.60. The van der Waals surface area contributed by atoms with Crippen molar-refractivity contribution >= 4 is 0 Å². The summed E-state index contributed by atoms with van der Waals surface area (Å²) in [5.74, 6) is 0. The van der Waals surface area contributed by atoms with Crippen molar-refractivity contribution in [3.8, 4) is 0 Å². The number of hydroxylamine groups is 2. The Labute approximate surface area is 79.9 Å². The van der Waals surface area contributed by atoms with Gasteiger partial charge in [-0.1, -0.05) is 0 Å². The van der Waals surface area contributed by atoms with Crippen LogP contribution < -0.4 is 0 Å². The number of hydrogen-bond donors (Lipinski definition) is 2. The summed E-state index contributed by atoms with van der Waals surface area (Å²) in [6.07, 6.45) is 2.47. The van der Waals surface area contributed by atoms with E-state index in [-0.39, 0.29) is 9.72 Å². The van der Waals surface area contributed by atoms with Gasteiger partial charge in [-0.2, -0.15) is 0 Å². The first-order chi connectivity index (χ1) is 6.70. The first-order valence-corrected chi connectivity index (χ1v) is 4.33. The van der Waals surface area contributed by atoms with Crippen molar-refractivity contribution in [1.82, 2.24) is 0 Å². The quantitative estimate of drug-likeness (QED) is 0.396. The van der Waals surface area contributed by atoms with Crippen LogP contribution in [0.4, 0.5) is 0 Å². The van der Waals surface area contributed by atoms with Gasteiger partial charge in [0.25, 0.3) is 12.1 Å². The van der Waals surface area contributed by atoms with Gasteiger partial charge in [-0.05, 0) is 22.6 Å². The summed E-state index contributed by atoms with van der Waals surface area (Å²) < 4.78 is 0. The molecule has 8 nitrogen and oxygen atoms in total. The van der Waals surface area contributed by atoms with Gasteiger partial charge in [-0.15, -0.1) is 0 Å². The van der Waals surface area contributed by atoms with E-state index in [1.807, 2.05) is 0 Å². The number of rotatable bonds is 2. The van der Waals surface area contributed by atoms with Crippen LogP contribution in [0.5, 0.6) is 0 Å². The molecule has 0 aromatic heterocycles. The Morgan fingerprint density at radius 2 is 1.29 bits per heavy atom. The summed E-state index contributed by atoms with van der Waals surface area (Å²) in [4.78, 5) is 0.166. The summed E-state index contributed by atoms with van der Waals surface area (Å²) in [5.41, 5.74) is 0. The van der Waals surface area contributed by atoms with Gasteiger partial charge in [-0.25, -0.2) is 0 Å². The van der Waals surface area contributed by atoms with Gasteiger partial charge in [0.05, 0.1) is 0 Å². The number of nitrogens with zero attached hydrogens (tertiary/aromatic N) is 4. The molecular weight excluding hydrogens is 192 g/mol. The zero-order valence-corrected chi connectivity index (χ0v) is 7.48. The molecular formula is C6H12N4O4. The van der Waals surface area contributed by atoms with Crippen LogP contribution in [0, 0.1) is 10.4 Å². The van der Waals surface area contributed by atoms with E-state index in [0.29, 0.717) is 12.8 Å².